The van der Waals surface area contributed by atoms with Crippen molar-refractivity contribution in [1.82, 2.24) is 15.2 Å². The van der Waals surface area contributed by atoms with Gasteiger partial charge in [0.15, 0.2) is 5.78 Å². The highest BCUT2D eigenvalue weighted by Gasteiger charge is 2.28. The van der Waals surface area contributed by atoms with Gasteiger partial charge in [-0.1, -0.05) is 6.07 Å². The average molecular weight is 498 g/mol. The van der Waals surface area contributed by atoms with E-state index in [-0.39, 0.29) is 23.4 Å². The van der Waals surface area contributed by atoms with Crippen molar-refractivity contribution in [2.75, 3.05) is 19.6 Å². The van der Waals surface area contributed by atoms with Crippen LogP contribution >= 0.6 is 0 Å². The highest BCUT2D eigenvalue weighted by Crippen LogP contribution is 2.28. The molecule has 7 nitrogen and oxygen atoms in total. The van der Waals surface area contributed by atoms with Crippen molar-refractivity contribution in [3.05, 3.63) is 89.1 Å². The maximum Gasteiger partial charge on any atom is 0.253 e. The molecule has 1 fully saturated rings. The van der Waals surface area contributed by atoms with Gasteiger partial charge in [-0.05, 0) is 75.0 Å². The van der Waals surface area contributed by atoms with E-state index in [0.717, 1.165) is 33.7 Å². The third kappa shape index (κ3) is 5.14. The number of hydrogen-bond donors (Lipinski definition) is 2. The number of likely N-dealkylation sites (tertiary alicyclic amines) is 1. The number of H-pyrrole nitrogens is 1. The number of piperidine rings is 1. The molecule has 0 atom stereocenters. The topological polar surface area (TPSA) is 89.9 Å². The lowest BCUT2D eigenvalue weighted by Crippen LogP contribution is -2.40. The summed E-state index contributed by atoms with van der Waals surface area (Å²) in [5.74, 6) is 0.293. The van der Waals surface area contributed by atoms with Crippen LogP contribution in [0.4, 0.5) is 4.39 Å². The molecule has 188 valence electrons. The number of amides is 1. The van der Waals surface area contributed by atoms with Crippen molar-refractivity contribution in [2.24, 2.45) is 15.9 Å². The van der Waals surface area contributed by atoms with Gasteiger partial charge in [0.25, 0.3) is 5.91 Å². The molecular formula is C29H28FN5O2. The Kier molecular flexibility index (Phi) is 6.81. The van der Waals surface area contributed by atoms with E-state index in [9.17, 15) is 14.0 Å². The van der Waals surface area contributed by atoms with Gasteiger partial charge in [-0.2, -0.15) is 0 Å². The number of benzene rings is 2. The molecule has 37 heavy (non-hydrogen) atoms. The summed E-state index contributed by atoms with van der Waals surface area (Å²) in [6, 6.07) is 13.4. The van der Waals surface area contributed by atoms with Gasteiger partial charge < -0.3 is 15.2 Å². The first-order valence-electron chi connectivity index (χ1n) is 12.3. The molecule has 0 radical (unpaired) electrons. The summed E-state index contributed by atoms with van der Waals surface area (Å²) in [7, 11) is 0. The summed E-state index contributed by atoms with van der Waals surface area (Å²) < 4.78 is 13.2. The number of nitrogens with zero attached hydrogens (tertiary/aromatic N) is 3. The average Bonchev–Trinajstić information content (AvgIpc) is 3.54. The van der Waals surface area contributed by atoms with Gasteiger partial charge in [-0.3, -0.25) is 19.6 Å². The number of ketones is 1. The standard InChI is InChI=1S/C29H28FN5O2/c1-18-32-17-27(33-18)24(9-12-31-2)26-15-21-3-4-22(16-25(21)34-26)29(37)35-13-10-20(11-14-35)28(36)19-5-7-23(30)8-6-19/h3-9,12,15-16,20,34H,2,10-11,13-14,17H2,1H3,(H,32,33)/b12-9-,27-24-. The van der Waals surface area contributed by atoms with Gasteiger partial charge >= 0.3 is 0 Å². The van der Waals surface area contributed by atoms with Crippen molar-refractivity contribution >= 4 is 40.7 Å². The molecule has 8 heteroatoms. The summed E-state index contributed by atoms with van der Waals surface area (Å²) >= 11 is 0. The molecular weight excluding hydrogens is 469 g/mol. The first-order chi connectivity index (χ1) is 17.9. The van der Waals surface area contributed by atoms with Crippen molar-refractivity contribution in [3.8, 4) is 0 Å². The molecule has 2 aliphatic heterocycles. The molecule has 1 saturated heterocycles. The number of Topliss-reactive ketones (excluding diaryl/α,β-unsaturated/α-hetero) is 1. The molecule has 0 spiro atoms. The molecule has 2 N–H and O–H groups in total. The van der Waals surface area contributed by atoms with Crippen LogP contribution in [0, 0.1) is 11.7 Å². The molecule has 0 saturated carbocycles. The molecule has 1 aromatic heterocycles. The molecule has 2 aromatic carbocycles. The largest absolute Gasteiger partial charge is 0.354 e. The Morgan fingerprint density at radius 3 is 2.51 bits per heavy atom. The van der Waals surface area contributed by atoms with Crippen LogP contribution in [0.2, 0.25) is 0 Å². The van der Waals surface area contributed by atoms with Crippen molar-refractivity contribution in [3.63, 3.8) is 0 Å². The number of aromatic amines is 1. The summed E-state index contributed by atoms with van der Waals surface area (Å²) in [6.45, 7) is 7.01. The fraction of sp³-hybridized carbons (Fsp3) is 0.241. The number of fused-ring (bicyclic) bond motifs is 1. The number of rotatable bonds is 6. The molecule has 0 aliphatic carbocycles. The zero-order valence-electron chi connectivity index (χ0n) is 20.6. The predicted molar refractivity (Wildman–Crippen MR) is 144 cm³/mol. The first kappa shape index (κ1) is 24.4. The van der Waals surface area contributed by atoms with Crippen LogP contribution in [0.1, 0.15) is 46.2 Å². The van der Waals surface area contributed by atoms with Crippen LogP contribution in [0.3, 0.4) is 0 Å². The number of nitrogens with one attached hydrogen (secondary N) is 2. The van der Waals surface area contributed by atoms with E-state index in [1.807, 2.05) is 37.3 Å². The molecule has 3 heterocycles. The second-order valence-corrected chi connectivity index (χ2v) is 9.34. The van der Waals surface area contributed by atoms with Crippen LogP contribution < -0.4 is 5.32 Å². The molecule has 0 bridgehead atoms. The van der Waals surface area contributed by atoms with Gasteiger partial charge in [0.05, 0.1) is 12.4 Å². The zero-order valence-corrected chi connectivity index (χ0v) is 20.6. The van der Waals surface area contributed by atoms with E-state index in [2.05, 4.69) is 27.0 Å². The van der Waals surface area contributed by atoms with E-state index in [4.69, 9.17) is 0 Å². The van der Waals surface area contributed by atoms with Gasteiger partial charge in [0.2, 0.25) is 0 Å². The van der Waals surface area contributed by atoms with Crippen molar-refractivity contribution < 1.29 is 14.0 Å². The zero-order chi connectivity index (χ0) is 25.9. The maximum absolute atomic E-state index is 13.3. The number of carbonyl (C=O) groups excluding carboxylic acids is 2. The number of allylic oxidation sites excluding steroid dienone is 2. The summed E-state index contributed by atoms with van der Waals surface area (Å²) in [4.78, 5) is 39.6. The SMILES string of the molecule is C=N/C=C\C(=C1/CN=C(C)N1)c1cc2ccc(C(=O)N3CCC(C(=O)c4ccc(F)cc4)CC3)cc2[nH]1. The Morgan fingerprint density at radius 2 is 1.84 bits per heavy atom. The minimum Gasteiger partial charge on any atom is -0.354 e. The quantitative estimate of drug-likeness (QED) is 0.371. The Morgan fingerprint density at radius 1 is 1.11 bits per heavy atom. The summed E-state index contributed by atoms with van der Waals surface area (Å²) in [5.41, 5.74) is 4.77. The summed E-state index contributed by atoms with van der Waals surface area (Å²) in [5, 5.41) is 4.29. The predicted octanol–water partition coefficient (Wildman–Crippen LogP) is 4.99. The number of aromatic nitrogens is 1. The van der Waals surface area contributed by atoms with Crippen LogP contribution in [0.15, 0.2) is 76.5 Å². The van der Waals surface area contributed by atoms with Crippen molar-refractivity contribution in [1.29, 1.82) is 0 Å². The number of aliphatic imine (C=N–C) groups is 2. The van der Waals surface area contributed by atoms with E-state index in [0.29, 0.717) is 43.6 Å². The monoisotopic (exact) mass is 497 g/mol. The van der Waals surface area contributed by atoms with Crippen LogP contribution in [0.5, 0.6) is 0 Å². The van der Waals surface area contributed by atoms with Crippen LogP contribution in [0.25, 0.3) is 16.5 Å². The summed E-state index contributed by atoms with van der Waals surface area (Å²) in [6.07, 6.45) is 4.71. The Labute approximate surface area is 214 Å². The number of amidine groups is 1. The maximum atomic E-state index is 13.3. The number of carbonyl (C=O) groups is 2. The third-order valence-corrected chi connectivity index (χ3v) is 6.92. The third-order valence-electron chi connectivity index (χ3n) is 6.92. The van der Waals surface area contributed by atoms with Crippen molar-refractivity contribution in [2.45, 2.75) is 19.8 Å². The van der Waals surface area contributed by atoms with Gasteiger partial charge in [0, 0.05) is 64.2 Å². The minimum absolute atomic E-state index is 0.00964. The highest BCUT2D eigenvalue weighted by atomic mass is 19.1. The molecule has 3 aromatic rings. The van der Waals surface area contributed by atoms with E-state index >= 15 is 0 Å². The lowest BCUT2D eigenvalue weighted by Gasteiger charge is -2.31. The lowest BCUT2D eigenvalue weighted by atomic mass is 9.88. The number of hydrogen-bond acceptors (Lipinski definition) is 5. The first-order valence-corrected chi connectivity index (χ1v) is 12.3. The fourth-order valence-corrected chi connectivity index (χ4v) is 4.91. The highest BCUT2D eigenvalue weighted by molar-refractivity contribution is 6.00. The molecule has 5 rings (SSSR count). The minimum atomic E-state index is -0.361. The van der Waals surface area contributed by atoms with Gasteiger partial charge in [-0.15, -0.1) is 0 Å². The molecule has 0 unspecified atom stereocenters. The lowest BCUT2D eigenvalue weighted by molar-refractivity contribution is 0.0650. The van der Waals surface area contributed by atoms with Crippen LogP contribution in [-0.4, -0.2) is 53.8 Å². The normalized spacial score (nSPS) is 17.7. The number of halogens is 1. The van der Waals surface area contributed by atoms with Gasteiger partial charge in [-0.25, -0.2) is 4.39 Å². The smallest absolute Gasteiger partial charge is 0.253 e. The molecule has 1 amide bonds. The Bertz CT molecular complexity index is 1460. The second-order valence-electron chi connectivity index (χ2n) is 9.34. The Balaban J connectivity index is 1.30. The Hall–Kier alpha value is -4.33. The van der Waals surface area contributed by atoms with E-state index in [1.54, 1.807) is 11.1 Å². The van der Waals surface area contributed by atoms with E-state index < -0.39 is 0 Å². The van der Waals surface area contributed by atoms with E-state index in [1.165, 1.54) is 24.3 Å². The molecule has 2 aliphatic rings. The fourth-order valence-electron chi connectivity index (χ4n) is 4.91. The second kappa shape index (κ2) is 10.3. The van der Waals surface area contributed by atoms with Crippen LogP contribution in [-0.2, 0) is 0 Å². The van der Waals surface area contributed by atoms with Gasteiger partial charge in [0.1, 0.15) is 5.82 Å².